The van der Waals surface area contributed by atoms with Gasteiger partial charge in [-0.25, -0.2) is 4.39 Å². The van der Waals surface area contributed by atoms with Crippen LogP contribution in [0.5, 0.6) is 0 Å². The van der Waals surface area contributed by atoms with Crippen LogP contribution in [0.25, 0.3) is 0 Å². The molecule has 3 atom stereocenters. The number of carbonyl (C=O) groups is 1. The van der Waals surface area contributed by atoms with Crippen LogP contribution in [-0.2, 0) is 4.79 Å². The highest BCUT2D eigenvalue weighted by Gasteiger charge is 2.39. The first-order valence-electron chi connectivity index (χ1n) is 6.32. The number of hydrogen-bond donors (Lipinski definition) is 1. The van der Waals surface area contributed by atoms with Crippen molar-refractivity contribution in [2.75, 3.05) is 7.05 Å². The molecule has 1 aliphatic rings. The SMILES string of the molecule is CCC(C)C1NC(c2cccc(F)c2)N(C)C1=O. The molecule has 3 nitrogen and oxygen atoms in total. The topological polar surface area (TPSA) is 32.3 Å². The van der Waals surface area contributed by atoms with E-state index in [4.69, 9.17) is 0 Å². The van der Waals surface area contributed by atoms with E-state index in [1.807, 2.05) is 6.07 Å². The van der Waals surface area contributed by atoms with Crippen LogP contribution in [0.15, 0.2) is 24.3 Å². The van der Waals surface area contributed by atoms with Gasteiger partial charge in [0.1, 0.15) is 12.0 Å². The molecule has 0 spiro atoms. The van der Waals surface area contributed by atoms with Gasteiger partial charge in [-0.1, -0.05) is 32.4 Å². The predicted molar refractivity (Wildman–Crippen MR) is 68.3 cm³/mol. The maximum Gasteiger partial charge on any atom is 0.241 e. The van der Waals surface area contributed by atoms with Crippen LogP contribution in [-0.4, -0.2) is 23.9 Å². The summed E-state index contributed by atoms with van der Waals surface area (Å²) in [5.41, 5.74) is 0.789. The summed E-state index contributed by atoms with van der Waals surface area (Å²) in [5.74, 6) is 0.0826. The zero-order chi connectivity index (χ0) is 13.3. The fraction of sp³-hybridized carbons (Fsp3) is 0.500. The van der Waals surface area contributed by atoms with E-state index in [9.17, 15) is 9.18 Å². The Hall–Kier alpha value is -1.42. The molecule has 1 saturated heterocycles. The van der Waals surface area contributed by atoms with E-state index in [2.05, 4.69) is 19.2 Å². The summed E-state index contributed by atoms with van der Waals surface area (Å²) in [5, 5.41) is 3.29. The molecule has 98 valence electrons. The summed E-state index contributed by atoms with van der Waals surface area (Å²) in [6.07, 6.45) is 0.708. The van der Waals surface area contributed by atoms with Crippen molar-refractivity contribution in [3.63, 3.8) is 0 Å². The molecule has 4 heteroatoms. The molecule has 1 heterocycles. The van der Waals surface area contributed by atoms with Crippen molar-refractivity contribution < 1.29 is 9.18 Å². The summed E-state index contributed by atoms with van der Waals surface area (Å²) in [7, 11) is 1.76. The number of carbonyl (C=O) groups excluding carboxylic acids is 1. The Morgan fingerprint density at radius 2 is 2.22 bits per heavy atom. The van der Waals surface area contributed by atoms with E-state index in [1.165, 1.54) is 12.1 Å². The van der Waals surface area contributed by atoms with Crippen molar-refractivity contribution >= 4 is 5.91 Å². The lowest BCUT2D eigenvalue weighted by Gasteiger charge is -2.19. The van der Waals surface area contributed by atoms with Crippen molar-refractivity contribution in [3.05, 3.63) is 35.6 Å². The highest BCUT2D eigenvalue weighted by Crippen LogP contribution is 2.27. The molecule has 0 aliphatic carbocycles. The Labute approximate surface area is 107 Å². The zero-order valence-corrected chi connectivity index (χ0v) is 11.0. The van der Waals surface area contributed by atoms with Crippen molar-refractivity contribution in [1.29, 1.82) is 0 Å². The Balaban J connectivity index is 2.23. The number of likely N-dealkylation sites (N-methyl/N-ethyl adjacent to an activating group) is 1. The Bertz CT molecular complexity index is 449. The van der Waals surface area contributed by atoms with Gasteiger partial charge in [0, 0.05) is 7.05 Å². The largest absolute Gasteiger partial charge is 0.325 e. The monoisotopic (exact) mass is 250 g/mol. The molecule has 2 rings (SSSR count). The number of rotatable bonds is 3. The molecular weight excluding hydrogens is 231 g/mol. The molecule has 3 unspecified atom stereocenters. The Morgan fingerprint density at radius 3 is 2.83 bits per heavy atom. The third-order valence-corrected chi connectivity index (χ3v) is 3.72. The number of nitrogens with zero attached hydrogens (tertiary/aromatic N) is 1. The van der Waals surface area contributed by atoms with Gasteiger partial charge in [-0.3, -0.25) is 10.1 Å². The van der Waals surface area contributed by atoms with Crippen LogP contribution in [0, 0.1) is 11.7 Å². The molecule has 1 amide bonds. The van der Waals surface area contributed by atoms with Crippen LogP contribution < -0.4 is 5.32 Å². The molecule has 1 aliphatic heterocycles. The maximum absolute atomic E-state index is 13.2. The van der Waals surface area contributed by atoms with Gasteiger partial charge in [0.15, 0.2) is 0 Å². The number of halogens is 1. The van der Waals surface area contributed by atoms with E-state index in [0.29, 0.717) is 0 Å². The van der Waals surface area contributed by atoms with Crippen LogP contribution in [0.4, 0.5) is 4.39 Å². The highest BCUT2D eigenvalue weighted by atomic mass is 19.1. The summed E-state index contributed by atoms with van der Waals surface area (Å²) in [4.78, 5) is 13.8. The second kappa shape index (κ2) is 5.06. The molecule has 1 aromatic carbocycles. The first-order valence-corrected chi connectivity index (χ1v) is 6.32. The molecule has 0 aromatic heterocycles. The second-order valence-electron chi connectivity index (χ2n) is 4.94. The van der Waals surface area contributed by atoms with Gasteiger partial charge in [-0.15, -0.1) is 0 Å². The van der Waals surface area contributed by atoms with Gasteiger partial charge in [0.2, 0.25) is 5.91 Å². The molecular formula is C14H19FN2O. The third-order valence-electron chi connectivity index (χ3n) is 3.72. The lowest BCUT2D eigenvalue weighted by Crippen LogP contribution is -2.35. The van der Waals surface area contributed by atoms with Crippen LogP contribution in [0.1, 0.15) is 32.0 Å². The van der Waals surface area contributed by atoms with Gasteiger partial charge in [0.25, 0.3) is 0 Å². The Morgan fingerprint density at radius 1 is 1.50 bits per heavy atom. The third kappa shape index (κ3) is 2.25. The van der Waals surface area contributed by atoms with Crippen molar-refractivity contribution in [1.82, 2.24) is 10.2 Å². The summed E-state index contributed by atoms with van der Waals surface area (Å²) in [6, 6.07) is 6.21. The maximum atomic E-state index is 13.2. The normalized spacial score (nSPS) is 25.6. The molecule has 0 saturated carbocycles. The van der Waals surface area contributed by atoms with Gasteiger partial charge in [-0.2, -0.15) is 0 Å². The average Bonchev–Trinajstić information content (AvgIpc) is 2.66. The molecule has 0 radical (unpaired) electrons. The van der Waals surface area contributed by atoms with Gasteiger partial charge >= 0.3 is 0 Å². The minimum Gasteiger partial charge on any atom is -0.325 e. The van der Waals surface area contributed by atoms with E-state index in [1.54, 1.807) is 18.0 Å². The summed E-state index contributed by atoms with van der Waals surface area (Å²) >= 11 is 0. The molecule has 1 fully saturated rings. The second-order valence-corrected chi connectivity index (χ2v) is 4.94. The number of hydrogen-bond acceptors (Lipinski definition) is 2. The van der Waals surface area contributed by atoms with E-state index < -0.39 is 0 Å². The lowest BCUT2D eigenvalue weighted by atomic mass is 9.99. The lowest BCUT2D eigenvalue weighted by molar-refractivity contribution is -0.129. The Kier molecular flexibility index (Phi) is 3.66. The van der Waals surface area contributed by atoms with Crippen LogP contribution in [0.2, 0.25) is 0 Å². The summed E-state index contributed by atoms with van der Waals surface area (Å²) in [6.45, 7) is 4.12. The van der Waals surface area contributed by atoms with E-state index >= 15 is 0 Å². The van der Waals surface area contributed by atoms with Crippen LogP contribution >= 0.6 is 0 Å². The standard InChI is InChI=1S/C14H19FN2O/c1-4-9(2)12-14(18)17(3)13(16-12)10-6-5-7-11(15)8-10/h5-9,12-13,16H,4H2,1-3H3. The average molecular weight is 250 g/mol. The van der Waals surface area contributed by atoms with Crippen molar-refractivity contribution in [3.8, 4) is 0 Å². The zero-order valence-electron chi connectivity index (χ0n) is 11.0. The number of amides is 1. The number of nitrogens with one attached hydrogen (secondary N) is 1. The predicted octanol–water partition coefficient (Wildman–Crippen LogP) is 2.30. The molecule has 1 N–H and O–H groups in total. The number of benzene rings is 1. The molecule has 18 heavy (non-hydrogen) atoms. The van der Waals surface area contributed by atoms with Gasteiger partial charge in [0.05, 0.1) is 6.04 Å². The first-order chi connectivity index (χ1) is 8.54. The minimum atomic E-state index is -0.276. The van der Waals surface area contributed by atoms with E-state index in [-0.39, 0.29) is 29.8 Å². The molecule has 1 aromatic rings. The van der Waals surface area contributed by atoms with Gasteiger partial charge in [-0.05, 0) is 23.6 Å². The smallest absolute Gasteiger partial charge is 0.241 e. The van der Waals surface area contributed by atoms with E-state index in [0.717, 1.165) is 12.0 Å². The van der Waals surface area contributed by atoms with Gasteiger partial charge < -0.3 is 4.90 Å². The fourth-order valence-electron chi connectivity index (χ4n) is 2.34. The fourth-order valence-corrected chi connectivity index (χ4v) is 2.34. The summed E-state index contributed by atoms with van der Waals surface area (Å²) < 4.78 is 13.2. The molecule has 0 bridgehead atoms. The quantitative estimate of drug-likeness (QED) is 0.892. The van der Waals surface area contributed by atoms with Crippen LogP contribution in [0.3, 0.4) is 0 Å². The highest BCUT2D eigenvalue weighted by molar-refractivity contribution is 5.84. The van der Waals surface area contributed by atoms with Crippen molar-refractivity contribution in [2.45, 2.75) is 32.5 Å². The minimum absolute atomic E-state index is 0.0820. The van der Waals surface area contributed by atoms with Crippen molar-refractivity contribution in [2.24, 2.45) is 5.92 Å². The first kappa shape index (κ1) is 13.0.